The molecule has 2 unspecified atom stereocenters. The normalized spacial score (nSPS) is 21.2. The van der Waals surface area contributed by atoms with Gasteiger partial charge < -0.3 is 18.9 Å². The van der Waals surface area contributed by atoms with Crippen LogP contribution in [-0.2, 0) is 9.53 Å². The van der Waals surface area contributed by atoms with Gasteiger partial charge in [0.15, 0.2) is 11.5 Å². The lowest BCUT2D eigenvalue weighted by Crippen LogP contribution is -2.36. The van der Waals surface area contributed by atoms with Crippen LogP contribution in [0.2, 0.25) is 0 Å². The third-order valence-electron chi connectivity index (χ3n) is 5.41. The molecule has 2 aliphatic rings. The Kier molecular flexibility index (Phi) is 6.15. The lowest BCUT2D eigenvalue weighted by atomic mass is 9.86. The summed E-state index contributed by atoms with van der Waals surface area (Å²) in [5.74, 6) is 2.62. The molecule has 7 heteroatoms. The Morgan fingerprint density at radius 3 is 2.21 bits per heavy atom. The molecule has 3 rings (SSSR count). The first kappa shape index (κ1) is 20.8. The third kappa shape index (κ3) is 3.95. The fourth-order valence-electron chi connectivity index (χ4n) is 3.98. The number of hydrogen-bond acceptors (Lipinski definition) is 6. The fraction of sp³-hybridized carbons (Fsp3) is 0.455. The molecule has 0 fully saturated rings. The van der Waals surface area contributed by atoms with Crippen LogP contribution in [0.5, 0.6) is 17.2 Å². The molecular weight excluding hydrogens is 372 g/mol. The van der Waals surface area contributed by atoms with Crippen molar-refractivity contribution in [3.63, 3.8) is 0 Å². The quantitative estimate of drug-likeness (QED) is 0.731. The summed E-state index contributed by atoms with van der Waals surface area (Å²) >= 11 is 0. The Hall–Kier alpha value is -2.96. The van der Waals surface area contributed by atoms with Crippen LogP contribution in [-0.4, -0.2) is 51.1 Å². The zero-order valence-corrected chi connectivity index (χ0v) is 17.8. The van der Waals surface area contributed by atoms with Gasteiger partial charge in [-0.15, -0.1) is 0 Å². The lowest BCUT2D eigenvalue weighted by Gasteiger charge is -2.29. The van der Waals surface area contributed by atoms with E-state index in [2.05, 4.69) is 17.3 Å². The van der Waals surface area contributed by atoms with Gasteiger partial charge in [0, 0.05) is 24.8 Å². The smallest absolute Gasteiger partial charge is 0.239 e. The molecule has 1 heterocycles. The number of benzene rings is 1. The maximum Gasteiger partial charge on any atom is 0.239 e. The van der Waals surface area contributed by atoms with E-state index < -0.39 is 0 Å². The molecule has 0 bridgehead atoms. The highest BCUT2D eigenvalue weighted by Crippen LogP contribution is 2.40. The summed E-state index contributed by atoms with van der Waals surface area (Å²) < 4.78 is 21.7. The highest BCUT2D eigenvalue weighted by molar-refractivity contribution is 6.04. The number of rotatable bonds is 6. The average molecular weight is 400 g/mol. The molecule has 0 spiro atoms. The Balaban J connectivity index is 1.94. The van der Waals surface area contributed by atoms with Crippen molar-refractivity contribution in [2.24, 2.45) is 11.0 Å². The van der Waals surface area contributed by atoms with Crippen molar-refractivity contribution >= 4 is 11.6 Å². The van der Waals surface area contributed by atoms with Crippen LogP contribution in [0.25, 0.3) is 0 Å². The summed E-state index contributed by atoms with van der Waals surface area (Å²) in [4.78, 5) is 12.3. The maximum atomic E-state index is 12.3. The third-order valence-corrected chi connectivity index (χ3v) is 5.41. The molecule has 156 valence electrons. The molecule has 1 aromatic carbocycles. The van der Waals surface area contributed by atoms with Gasteiger partial charge in [-0.05, 0) is 37.1 Å². The van der Waals surface area contributed by atoms with Gasteiger partial charge in [-0.3, -0.25) is 4.79 Å². The van der Waals surface area contributed by atoms with Crippen molar-refractivity contribution in [3.05, 3.63) is 41.2 Å². The first-order chi connectivity index (χ1) is 13.9. The zero-order chi connectivity index (χ0) is 21.1. The molecule has 0 saturated heterocycles. The van der Waals surface area contributed by atoms with Crippen molar-refractivity contribution in [1.82, 2.24) is 5.01 Å². The van der Waals surface area contributed by atoms with Gasteiger partial charge in [0.25, 0.3) is 0 Å². The van der Waals surface area contributed by atoms with Crippen molar-refractivity contribution in [3.8, 4) is 17.2 Å². The van der Waals surface area contributed by atoms with Gasteiger partial charge in [0.2, 0.25) is 11.7 Å². The first-order valence-electron chi connectivity index (χ1n) is 9.54. The minimum absolute atomic E-state index is 0.0498. The summed E-state index contributed by atoms with van der Waals surface area (Å²) in [7, 11) is 6.40. The van der Waals surface area contributed by atoms with E-state index in [0.717, 1.165) is 29.0 Å². The highest BCUT2D eigenvalue weighted by Gasteiger charge is 2.36. The number of allylic oxidation sites excluding steroid dienone is 2. The van der Waals surface area contributed by atoms with Gasteiger partial charge in [0.05, 0.1) is 40.2 Å². The summed E-state index contributed by atoms with van der Waals surface area (Å²) in [6.07, 6.45) is 5.69. The van der Waals surface area contributed by atoms with Crippen molar-refractivity contribution in [1.29, 1.82) is 0 Å². The van der Waals surface area contributed by atoms with E-state index in [0.29, 0.717) is 23.7 Å². The molecule has 2 atom stereocenters. The predicted octanol–water partition coefficient (Wildman–Crippen LogP) is 3.53. The zero-order valence-electron chi connectivity index (χ0n) is 17.8. The van der Waals surface area contributed by atoms with Crippen LogP contribution in [0.4, 0.5) is 0 Å². The standard InChI is InChI=1S/C22H28N2O5/c1-13-9-15(7-8-19(13)26-3)18-12-17(23-24(18)14(2)25)16-10-20(27-4)22(29-6)21(11-16)28-5/h8-11,15,18H,7,12H2,1-6H3. The second-order valence-corrected chi connectivity index (χ2v) is 7.12. The number of methoxy groups -OCH3 is 4. The molecule has 0 N–H and O–H groups in total. The Morgan fingerprint density at radius 1 is 1.07 bits per heavy atom. The number of hydrazone groups is 1. The molecule has 0 radical (unpaired) electrons. The number of ether oxygens (including phenoxy) is 4. The number of hydrogen-bond donors (Lipinski definition) is 0. The topological polar surface area (TPSA) is 69.6 Å². The van der Waals surface area contributed by atoms with Crippen LogP contribution in [0.15, 0.2) is 40.7 Å². The van der Waals surface area contributed by atoms with E-state index in [4.69, 9.17) is 18.9 Å². The predicted molar refractivity (Wildman–Crippen MR) is 111 cm³/mol. The van der Waals surface area contributed by atoms with Gasteiger partial charge in [-0.2, -0.15) is 5.10 Å². The van der Waals surface area contributed by atoms with Crippen molar-refractivity contribution < 1.29 is 23.7 Å². The van der Waals surface area contributed by atoms with Crippen LogP contribution in [0.1, 0.15) is 32.3 Å². The maximum absolute atomic E-state index is 12.3. The van der Waals surface area contributed by atoms with E-state index in [-0.39, 0.29) is 17.9 Å². The first-order valence-corrected chi connectivity index (χ1v) is 9.54. The number of nitrogens with zero attached hydrogens (tertiary/aromatic N) is 2. The summed E-state index contributed by atoms with van der Waals surface area (Å²) in [5.41, 5.74) is 2.74. The molecule has 1 aromatic rings. The van der Waals surface area contributed by atoms with Crippen molar-refractivity contribution in [2.75, 3.05) is 28.4 Å². The molecular formula is C22H28N2O5. The highest BCUT2D eigenvalue weighted by atomic mass is 16.5. The minimum Gasteiger partial charge on any atom is -0.497 e. The van der Waals surface area contributed by atoms with Crippen molar-refractivity contribution in [2.45, 2.75) is 32.7 Å². The second kappa shape index (κ2) is 8.59. The van der Waals surface area contributed by atoms with Gasteiger partial charge in [-0.1, -0.05) is 6.08 Å². The molecule has 0 saturated carbocycles. The van der Waals surface area contributed by atoms with Gasteiger partial charge in [-0.25, -0.2) is 5.01 Å². The molecule has 1 aliphatic carbocycles. The molecule has 1 aliphatic heterocycles. The Labute approximate surface area is 171 Å². The minimum atomic E-state index is -0.0787. The largest absolute Gasteiger partial charge is 0.497 e. The van der Waals surface area contributed by atoms with Gasteiger partial charge in [0.1, 0.15) is 5.76 Å². The molecule has 7 nitrogen and oxygen atoms in total. The number of carbonyl (C=O) groups is 1. The van der Waals surface area contributed by atoms with E-state index >= 15 is 0 Å². The van der Waals surface area contributed by atoms with E-state index in [1.54, 1.807) is 40.4 Å². The Morgan fingerprint density at radius 2 is 1.72 bits per heavy atom. The van der Waals surface area contributed by atoms with Gasteiger partial charge >= 0.3 is 0 Å². The number of carbonyl (C=O) groups excluding carboxylic acids is 1. The fourth-order valence-corrected chi connectivity index (χ4v) is 3.98. The monoisotopic (exact) mass is 400 g/mol. The lowest BCUT2D eigenvalue weighted by molar-refractivity contribution is -0.131. The van der Waals surface area contributed by atoms with Crippen LogP contribution < -0.4 is 14.2 Å². The molecule has 1 amide bonds. The SMILES string of the molecule is COC1=CCC(C2CC(c3cc(OC)c(OC)c(OC)c3)=NN2C(C)=O)C=C1C. The van der Waals surface area contributed by atoms with Crippen LogP contribution in [0, 0.1) is 5.92 Å². The summed E-state index contributed by atoms with van der Waals surface area (Å²) in [6.45, 7) is 3.57. The molecule has 29 heavy (non-hydrogen) atoms. The second-order valence-electron chi connectivity index (χ2n) is 7.12. The average Bonchev–Trinajstić information content (AvgIpc) is 3.18. The Bertz CT molecular complexity index is 862. The van der Waals surface area contributed by atoms with Crippen LogP contribution in [0.3, 0.4) is 0 Å². The van der Waals surface area contributed by atoms with E-state index in [1.807, 2.05) is 19.1 Å². The van der Waals surface area contributed by atoms with Crippen LogP contribution >= 0.6 is 0 Å². The van der Waals surface area contributed by atoms with E-state index in [9.17, 15) is 4.79 Å². The molecule has 0 aromatic heterocycles. The van der Waals surface area contributed by atoms with E-state index in [1.165, 1.54) is 0 Å². The summed E-state index contributed by atoms with van der Waals surface area (Å²) in [6, 6.07) is 3.68. The summed E-state index contributed by atoms with van der Waals surface area (Å²) in [5, 5.41) is 6.25. The number of amides is 1.